The van der Waals surface area contributed by atoms with Crippen LogP contribution in [0.25, 0.3) is 16.9 Å². The zero-order valence-electron chi connectivity index (χ0n) is 17.4. The summed E-state index contributed by atoms with van der Waals surface area (Å²) in [6.45, 7) is 7.66. The van der Waals surface area contributed by atoms with Gasteiger partial charge in [-0.2, -0.15) is 0 Å². The number of pyridine rings is 1. The highest BCUT2D eigenvalue weighted by Crippen LogP contribution is 2.32. The summed E-state index contributed by atoms with van der Waals surface area (Å²) >= 11 is 0. The van der Waals surface area contributed by atoms with E-state index >= 15 is 0 Å². The quantitative estimate of drug-likeness (QED) is 0.513. The van der Waals surface area contributed by atoms with E-state index in [1.54, 1.807) is 0 Å². The topological polar surface area (TPSA) is 41.8 Å². The molecule has 152 valence electrons. The second-order valence-corrected chi connectivity index (χ2v) is 7.88. The van der Waals surface area contributed by atoms with Gasteiger partial charge in [-0.1, -0.05) is 35.9 Å². The summed E-state index contributed by atoms with van der Waals surface area (Å²) in [6, 6.07) is 21.3. The van der Waals surface area contributed by atoms with E-state index in [2.05, 4.69) is 95.3 Å². The van der Waals surface area contributed by atoms with Crippen LogP contribution in [0.1, 0.15) is 11.1 Å². The molecule has 1 N–H and O–H groups in total. The van der Waals surface area contributed by atoms with Crippen LogP contribution in [0.3, 0.4) is 0 Å². The van der Waals surface area contributed by atoms with Crippen LogP contribution in [0, 0.1) is 13.8 Å². The fourth-order valence-corrected chi connectivity index (χ4v) is 3.90. The average Bonchev–Trinajstić information content (AvgIpc) is 3.13. The Balaban J connectivity index is 1.55. The van der Waals surface area contributed by atoms with E-state index in [1.807, 2.05) is 0 Å². The van der Waals surface area contributed by atoms with Crippen molar-refractivity contribution in [3.8, 4) is 11.3 Å². The normalized spacial score (nSPS) is 14.3. The molecule has 0 saturated carbocycles. The molecule has 5 heteroatoms. The van der Waals surface area contributed by atoms with Crippen molar-refractivity contribution < 1.29 is 4.74 Å². The molecule has 0 unspecified atom stereocenters. The molecule has 0 atom stereocenters. The van der Waals surface area contributed by atoms with Crippen LogP contribution in [0.2, 0.25) is 0 Å². The molecule has 1 fully saturated rings. The number of anilines is 3. The van der Waals surface area contributed by atoms with Crippen LogP contribution in [-0.4, -0.2) is 35.7 Å². The van der Waals surface area contributed by atoms with Crippen LogP contribution in [0.15, 0.2) is 66.9 Å². The summed E-state index contributed by atoms with van der Waals surface area (Å²) in [7, 11) is 0. The predicted molar refractivity (Wildman–Crippen MR) is 123 cm³/mol. The first kappa shape index (κ1) is 18.7. The third-order valence-corrected chi connectivity index (χ3v) is 5.60. The molecule has 4 aromatic rings. The number of ether oxygens (including phenoxy) is 1. The maximum Gasteiger partial charge on any atom is 0.143 e. The van der Waals surface area contributed by atoms with E-state index in [0.717, 1.165) is 54.7 Å². The number of rotatable bonds is 4. The van der Waals surface area contributed by atoms with Crippen molar-refractivity contribution in [2.24, 2.45) is 0 Å². The minimum Gasteiger partial charge on any atom is -0.378 e. The van der Waals surface area contributed by atoms with E-state index in [9.17, 15) is 0 Å². The lowest BCUT2D eigenvalue weighted by Gasteiger charge is -2.28. The predicted octanol–water partition coefficient (Wildman–Crippen LogP) is 5.20. The summed E-state index contributed by atoms with van der Waals surface area (Å²) < 4.78 is 7.61. The molecular formula is C25H26N4O. The van der Waals surface area contributed by atoms with Gasteiger partial charge in [-0.3, -0.25) is 4.40 Å². The Morgan fingerprint density at radius 1 is 0.833 bits per heavy atom. The van der Waals surface area contributed by atoms with E-state index in [0.29, 0.717) is 0 Å². The third kappa shape index (κ3) is 3.64. The lowest BCUT2D eigenvalue weighted by atomic mass is 10.1. The van der Waals surface area contributed by atoms with Crippen LogP contribution in [0.5, 0.6) is 0 Å². The number of nitrogens with one attached hydrogen (secondary N) is 1. The molecule has 2 aromatic carbocycles. The van der Waals surface area contributed by atoms with Gasteiger partial charge in [-0.15, -0.1) is 0 Å². The zero-order valence-corrected chi connectivity index (χ0v) is 17.4. The fourth-order valence-electron chi connectivity index (χ4n) is 3.90. The van der Waals surface area contributed by atoms with Crippen LogP contribution < -0.4 is 10.2 Å². The molecule has 0 bridgehead atoms. The molecule has 3 heterocycles. The molecule has 1 aliphatic rings. The third-order valence-electron chi connectivity index (χ3n) is 5.60. The molecule has 30 heavy (non-hydrogen) atoms. The van der Waals surface area contributed by atoms with Crippen molar-refractivity contribution in [2.45, 2.75) is 13.8 Å². The van der Waals surface area contributed by atoms with Gasteiger partial charge in [-0.25, -0.2) is 4.98 Å². The number of hydrogen-bond acceptors (Lipinski definition) is 4. The lowest BCUT2D eigenvalue weighted by molar-refractivity contribution is 0.122. The standard InChI is InChI=1S/C25H26N4O/c1-18-3-8-21(9-4-18)26-25-24(27-23-12-5-19(2)17-29(23)25)20-6-10-22(11-7-20)28-13-15-30-16-14-28/h3-12,17,26H,13-16H2,1-2H3. The molecule has 1 saturated heterocycles. The molecule has 0 radical (unpaired) electrons. The number of aryl methyl sites for hydroxylation is 2. The molecule has 5 nitrogen and oxygen atoms in total. The highest BCUT2D eigenvalue weighted by atomic mass is 16.5. The van der Waals surface area contributed by atoms with Gasteiger partial charge in [0.2, 0.25) is 0 Å². The second kappa shape index (κ2) is 7.84. The van der Waals surface area contributed by atoms with Gasteiger partial charge < -0.3 is 15.0 Å². The Hall–Kier alpha value is -3.31. The molecular weight excluding hydrogens is 372 g/mol. The number of hydrogen-bond donors (Lipinski definition) is 1. The van der Waals surface area contributed by atoms with E-state index in [4.69, 9.17) is 9.72 Å². The Morgan fingerprint density at radius 2 is 1.53 bits per heavy atom. The zero-order chi connectivity index (χ0) is 20.5. The monoisotopic (exact) mass is 398 g/mol. The van der Waals surface area contributed by atoms with Crippen LogP contribution >= 0.6 is 0 Å². The van der Waals surface area contributed by atoms with Crippen molar-refractivity contribution in [2.75, 3.05) is 36.5 Å². The van der Waals surface area contributed by atoms with Gasteiger partial charge in [0.25, 0.3) is 0 Å². The highest BCUT2D eigenvalue weighted by molar-refractivity contribution is 5.80. The molecule has 2 aromatic heterocycles. The van der Waals surface area contributed by atoms with E-state index in [1.165, 1.54) is 16.8 Å². The lowest BCUT2D eigenvalue weighted by Crippen LogP contribution is -2.36. The Labute approximate surface area is 176 Å². The smallest absolute Gasteiger partial charge is 0.143 e. The molecule has 1 aliphatic heterocycles. The van der Waals surface area contributed by atoms with Crippen molar-refractivity contribution in [1.29, 1.82) is 0 Å². The largest absolute Gasteiger partial charge is 0.378 e. The van der Waals surface area contributed by atoms with Gasteiger partial charge in [0.05, 0.1) is 13.2 Å². The number of morpholine rings is 1. The van der Waals surface area contributed by atoms with Gasteiger partial charge in [0.15, 0.2) is 0 Å². The minimum atomic E-state index is 0.790. The Bertz CT molecular complexity index is 1160. The maximum absolute atomic E-state index is 5.47. The Morgan fingerprint density at radius 3 is 2.27 bits per heavy atom. The number of nitrogens with zero attached hydrogens (tertiary/aromatic N) is 3. The number of benzene rings is 2. The average molecular weight is 399 g/mol. The minimum absolute atomic E-state index is 0.790. The van der Waals surface area contributed by atoms with E-state index < -0.39 is 0 Å². The van der Waals surface area contributed by atoms with Crippen molar-refractivity contribution in [3.63, 3.8) is 0 Å². The van der Waals surface area contributed by atoms with Gasteiger partial charge in [-0.05, 0) is 49.7 Å². The Kier molecular flexibility index (Phi) is 4.89. The van der Waals surface area contributed by atoms with Crippen LogP contribution in [-0.2, 0) is 4.74 Å². The number of fused-ring (bicyclic) bond motifs is 1. The summed E-state index contributed by atoms with van der Waals surface area (Å²) in [5.74, 6) is 0.983. The van der Waals surface area contributed by atoms with Crippen molar-refractivity contribution >= 4 is 22.8 Å². The summed E-state index contributed by atoms with van der Waals surface area (Å²) in [5, 5.41) is 3.60. The molecule has 0 spiro atoms. The number of imidazole rings is 1. The first-order valence-electron chi connectivity index (χ1n) is 10.4. The van der Waals surface area contributed by atoms with Gasteiger partial charge in [0.1, 0.15) is 17.2 Å². The second-order valence-electron chi connectivity index (χ2n) is 7.88. The van der Waals surface area contributed by atoms with Crippen molar-refractivity contribution in [1.82, 2.24) is 9.38 Å². The molecule has 5 rings (SSSR count). The summed E-state index contributed by atoms with van der Waals surface area (Å²) in [6.07, 6.45) is 2.13. The number of aromatic nitrogens is 2. The van der Waals surface area contributed by atoms with Crippen molar-refractivity contribution in [3.05, 3.63) is 78.0 Å². The molecule has 0 amide bonds. The first-order valence-corrected chi connectivity index (χ1v) is 10.4. The van der Waals surface area contributed by atoms with Crippen LogP contribution in [0.4, 0.5) is 17.2 Å². The summed E-state index contributed by atoms with van der Waals surface area (Å²) in [5.41, 5.74) is 7.71. The first-order chi connectivity index (χ1) is 14.7. The summed E-state index contributed by atoms with van der Waals surface area (Å²) in [4.78, 5) is 7.31. The van der Waals surface area contributed by atoms with E-state index in [-0.39, 0.29) is 0 Å². The molecule has 0 aliphatic carbocycles. The maximum atomic E-state index is 5.47. The van der Waals surface area contributed by atoms with Gasteiger partial charge in [0, 0.05) is 36.2 Å². The van der Waals surface area contributed by atoms with Gasteiger partial charge >= 0.3 is 0 Å². The highest BCUT2D eigenvalue weighted by Gasteiger charge is 2.16. The fraction of sp³-hybridized carbons (Fsp3) is 0.240. The SMILES string of the molecule is Cc1ccc(Nc2c(-c3ccc(N4CCOCC4)cc3)nc3ccc(C)cn23)cc1.